The van der Waals surface area contributed by atoms with Crippen molar-refractivity contribution in [2.75, 3.05) is 4.72 Å². The van der Waals surface area contributed by atoms with Gasteiger partial charge in [-0.3, -0.25) is 4.72 Å². The normalized spacial score (nSPS) is 12.5. The van der Waals surface area contributed by atoms with Crippen LogP contribution in [0.1, 0.15) is 16.7 Å². The van der Waals surface area contributed by atoms with Crippen LogP contribution in [0.25, 0.3) is 0 Å². The highest BCUT2D eigenvalue weighted by atomic mass is 32.2. The number of nitrogens with zero attached hydrogens (tertiary/aromatic N) is 1. The van der Waals surface area contributed by atoms with Gasteiger partial charge in [-0.25, -0.2) is 8.42 Å². The number of hydrogen-bond donors (Lipinski definition) is 1. The largest absolute Gasteiger partial charge is 0.416 e. The molecule has 0 amide bonds. The summed E-state index contributed by atoms with van der Waals surface area (Å²) in [5.74, 6) is 0. The van der Waals surface area contributed by atoms with Crippen LogP contribution in [0.4, 0.5) is 32.0 Å². The summed E-state index contributed by atoms with van der Waals surface area (Å²) in [5.41, 5.74) is -4.27. The molecule has 26 heavy (non-hydrogen) atoms. The fourth-order valence-electron chi connectivity index (χ4n) is 1.96. The van der Waals surface area contributed by atoms with E-state index >= 15 is 0 Å². The fraction of sp³-hybridized carbons (Fsp3) is 0.133. The van der Waals surface area contributed by atoms with E-state index in [1.54, 1.807) is 10.8 Å². The second-order valence-electron chi connectivity index (χ2n) is 5.04. The topological polar surface area (TPSA) is 70.0 Å². The van der Waals surface area contributed by atoms with Crippen molar-refractivity contribution in [1.29, 1.82) is 5.26 Å². The van der Waals surface area contributed by atoms with Crippen LogP contribution in [-0.4, -0.2) is 8.42 Å². The lowest BCUT2D eigenvalue weighted by Crippen LogP contribution is -2.16. The van der Waals surface area contributed by atoms with Crippen LogP contribution in [0.2, 0.25) is 0 Å². The van der Waals surface area contributed by atoms with Crippen molar-refractivity contribution in [3.63, 3.8) is 0 Å². The van der Waals surface area contributed by atoms with Gasteiger partial charge in [-0.05, 0) is 36.4 Å². The molecule has 0 radical (unpaired) electrons. The minimum absolute atomic E-state index is 0.0482. The number of sulfonamides is 1. The molecule has 2 aromatic carbocycles. The van der Waals surface area contributed by atoms with E-state index in [1.807, 2.05) is 0 Å². The molecule has 0 saturated heterocycles. The zero-order valence-corrected chi connectivity index (χ0v) is 13.3. The smallest absolute Gasteiger partial charge is 0.280 e. The van der Waals surface area contributed by atoms with Gasteiger partial charge in [0.1, 0.15) is 0 Å². The first-order valence-corrected chi connectivity index (χ1v) is 8.14. The molecule has 2 aromatic rings. The molecule has 0 aliphatic rings. The summed E-state index contributed by atoms with van der Waals surface area (Å²) >= 11 is 0. The van der Waals surface area contributed by atoms with E-state index in [4.69, 9.17) is 5.26 Å². The second kappa shape index (κ2) is 6.53. The SMILES string of the molecule is N#Cc1cccc(S(=O)(=O)Nc2cc(C(F)(F)F)cc(C(F)(F)F)c2)c1. The maximum atomic E-state index is 12.8. The highest BCUT2D eigenvalue weighted by molar-refractivity contribution is 7.92. The maximum Gasteiger partial charge on any atom is 0.416 e. The molecule has 0 aliphatic heterocycles. The van der Waals surface area contributed by atoms with Crippen molar-refractivity contribution < 1.29 is 34.8 Å². The Kier molecular flexibility index (Phi) is 4.92. The van der Waals surface area contributed by atoms with Gasteiger partial charge in [-0.2, -0.15) is 31.6 Å². The van der Waals surface area contributed by atoms with Crippen molar-refractivity contribution in [1.82, 2.24) is 0 Å². The van der Waals surface area contributed by atoms with Gasteiger partial charge in [0, 0.05) is 0 Å². The quantitative estimate of drug-likeness (QED) is 0.785. The minimum Gasteiger partial charge on any atom is -0.280 e. The van der Waals surface area contributed by atoms with Gasteiger partial charge in [0.05, 0.1) is 33.3 Å². The third-order valence-corrected chi connectivity index (χ3v) is 4.49. The summed E-state index contributed by atoms with van der Waals surface area (Å²) in [6.07, 6.45) is -10.2. The van der Waals surface area contributed by atoms with Crippen LogP contribution in [0, 0.1) is 11.3 Å². The molecule has 0 saturated carbocycles. The molecule has 0 unspecified atom stereocenters. The number of rotatable bonds is 3. The molecule has 0 aromatic heterocycles. The highest BCUT2D eigenvalue weighted by Crippen LogP contribution is 2.37. The number of nitriles is 1. The molecule has 0 heterocycles. The molecule has 4 nitrogen and oxygen atoms in total. The molecular formula is C15H8F6N2O2S. The molecule has 1 N–H and O–H groups in total. The summed E-state index contributed by atoms with van der Waals surface area (Å²) in [6, 6.07) is 6.52. The van der Waals surface area contributed by atoms with Crippen molar-refractivity contribution >= 4 is 15.7 Å². The average Bonchev–Trinajstić information content (AvgIpc) is 2.52. The summed E-state index contributed by atoms with van der Waals surface area (Å²) in [5, 5.41) is 8.75. The Labute approximate surface area is 143 Å². The monoisotopic (exact) mass is 394 g/mol. The molecule has 0 aliphatic carbocycles. The predicted octanol–water partition coefficient (Wildman–Crippen LogP) is 4.40. The molecule has 11 heteroatoms. The van der Waals surface area contributed by atoms with Crippen molar-refractivity contribution in [2.45, 2.75) is 17.2 Å². The Bertz CT molecular complexity index is 943. The lowest BCUT2D eigenvalue weighted by atomic mass is 10.1. The van der Waals surface area contributed by atoms with Crippen molar-refractivity contribution in [3.05, 3.63) is 59.2 Å². The Balaban J connectivity index is 2.52. The van der Waals surface area contributed by atoms with Crippen LogP contribution in [-0.2, 0) is 22.4 Å². The van der Waals surface area contributed by atoms with Gasteiger partial charge in [-0.1, -0.05) is 6.07 Å². The number of halogens is 6. The van der Waals surface area contributed by atoms with Crippen LogP contribution < -0.4 is 4.72 Å². The van der Waals surface area contributed by atoms with Gasteiger partial charge < -0.3 is 0 Å². The number of anilines is 1. The lowest BCUT2D eigenvalue weighted by molar-refractivity contribution is -0.143. The summed E-state index contributed by atoms with van der Waals surface area (Å²) in [6.45, 7) is 0. The van der Waals surface area contributed by atoms with E-state index in [2.05, 4.69) is 0 Å². The van der Waals surface area contributed by atoms with E-state index in [1.165, 1.54) is 12.1 Å². The van der Waals surface area contributed by atoms with Crippen LogP contribution >= 0.6 is 0 Å². The predicted molar refractivity (Wildman–Crippen MR) is 78.4 cm³/mol. The Hall–Kier alpha value is -2.74. The standard InChI is InChI=1S/C15H8F6N2O2S/c16-14(17,18)10-5-11(15(19,20)21)7-12(6-10)23-26(24,25)13-3-1-2-9(4-13)8-22/h1-7,23H. The molecule has 0 bridgehead atoms. The fourth-order valence-corrected chi connectivity index (χ4v) is 3.05. The zero-order valence-electron chi connectivity index (χ0n) is 12.5. The first kappa shape index (κ1) is 19.6. The second-order valence-corrected chi connectivity index (χ2v) is 6.72. The summed E-state index contributed by atoms with van der Waals surface area (Å²) in [4.78, 5) is -0.484. The Morgan fingerprint density at radius 1 is 0.885 bits per heavy atom. The first-order valence-electron chi connectivity index (χ1n) is 6.65. The van der Waals surface area contributed by atoms with Crippen molar-refractivity contribution in [2.24, 2.45) is 0 Å². The lowest BCUT2D eigenvalue weighted by Gasteiger charge is -2.15. The third kappa shape index (κ3) is 4.45. The molecule has 0 spiro atoms. The molecule has 0 fully saturated rings. The highest BCUT2D eigenvalue weighted by Gasteiger charge is 2.37. The van der Waals surface area contributed by atoms with Gasteiger partial charge in [0.2, 0.25) is 0 Å². The van der Waals surface area contributed by atoms with Gasteiger partial charge >= 0.3 is 12.4 Å². The van der Waals surface area contributed by atoms with Crippen molar-refractivity contribution in [3.8, 4) is 6.07 Å². The van der Waals surface area contributed by atoms with E-state index in [0.29, 0.717) is 0 Å². The Morgan fingerprint density at radius 2 is 1.42 bits per heavy atom. The van der Waals surface area contributed by atoms with E-state index in [-0.39, 0.29) is 23.8 Å². The zero-order chi connectivity index (χ0) is 19.8. The van der Waals surface area contributed by atoms with Gasteiger partial charge in [0.25, 0.3) is 10.0 Å². The molecule has 2 rings (SSSR count). The van der Waals surface area contributed by atoms with Crippen LogP contribution in [0.15, 0.2) is 47.4 Å². The van der Waals surface area contributed by atoms with E-state index in [9.17, 15) is 34.8 Å². The van der Waals surface area contributed by atoms with E-state index < -0.39 is 44.1 Å². The molecular weight excluding hydrogens is 386 g/mol. The number of alkyl halides is 6. The molecule has 138 valence electrons. The van der Waals surface area contributed by atoms with Gasteiger partial charge in [0.15, 0.2) is 0 Å². The van der Waals surface area contributed by atoms with Crippen LogP contribution in [0.3, 0.4) is 0 Å². The number of hydrogen-bond acceptors (Lipinski definition) is 3. The van der Waals surface area contributed by atoms with E-state index in [0.717, 1.165) is 12.1 Å². The Morgan fingerprint density at radius 3 is 1.88 bits per heavy atom. The van der Waals surface area contributed by atoms with Gasteiger partial charge in [-0.15, -0.1) is 0 Å². The minimum atomic E-state index is -5.11. The third-order valence-electron chi connectivity index (χ3n) is 3.11. The number of nitrogens with one attached hydrogen (secondary N) is 1. The number of benzene rings is 2. The average molecular weight is 394 g/mol. The summed E-state index contributed by atoms with van der Waals surface area (Å²) < 4.78 is 103. The summed E-state index contributed by atoms with van der Waals surface area (Å²) in [7, 11) is -4.51. The molecule has 0 atom stereocenters. The maximum absolute atomic E-state index is 12.8. The first-order chi connectivity index (χ1) is 11.8. The van der Waals surface area contributed by atoms with Crippen LogP contribution in [0.5, 0.6) is 0 Å².